The van der Waals surface area contributed by atoms with Crippen molar-refractivity contribution in [2.24, 2.45) is 0 Å². The summed E-state index contributed by atoms with van der Waals surface area (Å²) in [4.78, 5) is 11.1. The number of aromatic hydroxyl groups is 1. The average Bonchev–Trinajstić information content (AvgIpc) is 3.17. The Morgan fingerprint density at radius 1 is 1.35 bits per heavy atom. The standard InChI is InChI=1S/C11H12O4.C2H6/c1-14-11(13)7-2-5-10(9(12)6-7)15-8-3-4-8;1-2/h2,5-6,8,12H,3-4H2,1H3;1-2H3. The van der Waals surface area contributed by atoms with Gasteiger partial charge in [0.15, 0.2) is 11.5 Å². The van der Waals surface area contributed by atoms with Crippen molar-refractivity contribution in [1.29, 1.82) is 0 Å². The van der Waals surface area contributed by atoms with Crippen molar-refractivity contribution in [2.45, 2.75) is 32.8 Å². The van der Waals surface area contributed by atoms with E-state index < -0.39 is 5.97 Å². The van der Waals surface area contributed by atoms with Gasteiger partial charge in [-0.25, -0.2) is 4.79 Å². The lowest BCUT2D eigenvalue weighted by Crippen LogP contribution is -2.02. The lowest BCUT2D eigenvalue weighted by atomic mass is 10.2. The summed E-state index contributed by atoms with van der Waals surface area (Å²) in [5.74, 6) is -0.0711. The fourth-order valence-corrected chi connectivity index (χ4v) is 1.23. The number of phenols is 1. The van der Waals surface area contributed by atoms with Crippen LogP contribution in [0.4, 0.5) is 0 Å². The molecule has 1 aromatic carbocycles. The monoisotopic (exact) mass is 238 g/mol. The van der Waals surface area contributed by atoms with E-state index in [2.05, 4.69) is 4.74 Å². The van der Waals surface area contributed by atoms with Crippen molar-refractivity contribution >= 4 is 5.97 Å². The van der Waals surface area contributed by atoms with E-state index in [9.17, 15) is 9.90 Å². The summed E-state index contributed by atoms with van der Waals surface area (Å²) >= 11 is 0. The molecular formula is C13H18O4. The van der Waals surface area contributed by atoms with Crippen molar-refractivity contribution in [2.75, 3.05) is 7.11 Å². The molecule has 2 rings (SSSR count). The number of hydrogen-bond donors (Lipinski definition) is 1. The van der Waals surface area contributed by atoms with Crippen LogP contribution in [-0.2, 0) is 4.74 Å². The molecule has 0 atom stereocenters. The molecule has 4 nitrogen and oxygen atoms in total. The maximum atomic E-state index is 11.1. The molecule has 0 saturated heterocycles. The molecule has 0 spiro atoms. The molecule has 0 heterocycles. The van der Waals surface area contributed by atoms with E-state index in [4.69, 9.17) is 4.74 Å². The molecule has 0 radical (unpaired) electrons. The summed E-state index contributed by atoms with van der Waals surface area (Å²) in [6, 6.07) is 4.51. The molecule has 4 heteroatoms. The molecule has 0 unspecified atom stereocenters. The second-order valence-electron chi connectivity index (χ2n) is 3.49. The van der Waals surface area contributed by atoms with Gasteiger partial charge in [0.05, 0.1) is 18.8 Å². The van der Waals surface area contributed by atoms with Crippen LogP contribution in [0, 0.1) is 0 Å². The molecule has 0 aliphatic heterocycles. The minimum Gasteiger partial charge on any atom is -0.504 e. The highest BCUT2D eigenvalue weighted by molar-refractivity contribution is 5.90. The van der Waals surface area contributed by atoms with Crippen LogP contribution in [0.5, 0.6) is 11.5 Å². The molecule has 1 aromatic rings. The predicted molar refractivity (Wildman–Crippen MR) is 64.4 cm³/mol. The summed E-state index contributed by atoms with van der Waals surface area (Å²) in [6.07, 6.45) is 2.27. The fraction of sp³-hybridized carbons (Fsp3) is 0.462. The normalized spacial score (nSPS) is 13.4. The maximum Gasteiger partial charge on any atom is 0.337 e. The molecule has 0 amide bonds. The third kappa shape index (κ3) is 3.66. The zero-order valence-corrected chi connectivity index (χ0v) is 10.4. The first-order valence-corrected chi connectivity index (χ1v) is 5.78. The van der Waals surface area contributed by atoms with E-state index in [0.717, 1.165) is 12.8 Å². The second kappa shape index (κ2) is 6.13. The van der Waals surface area contributed by atoms with Crippen LogP contribution in [0.2, 0.25) is 0 Å². The Morgan fingerprint density at radius 2 is 2.00 bits per heavy atom. The fourth-order valence-electron chi connectivity index (χ4n) is 1.23. The van der Waals surface area contributed by atoms with Crippen molar-refractivity contribution in [3.05, 3.63) is 23.8 Å². The van der Waals surface area contributed by atoms with Crippen molar-refractivity contribution in [1.82, 2.24) is 0 Å². The molecule has 1 aliphatic rings. The van der Waals surface area contributed by atoms with E-state index in [-0.39, 0.29) is 11.9 Å². The lowest BCUT2D eigenvalue weighted by molar-refractivity contribution is 0.0600. The van der Waals surface area contributed by atoms with Crippen LogP contribution in [-0.4, -0.2) is 24.3 Å². The lowest BCUT2D eigenvalue weighted by Gasteiger charge is -2.07. The number of benzene rings is 1. The Labute approximate surface area is 101 Å². The summed E-state index contributed by atoms with van der Waals surface area (Å²) in [5, 5.41) is 9.58. The van der Waals surface area contributed by atoms with Gasteiger partial charge in [-0.2, -0.15) is 0 Å². The van der Waals surface area contributed by atoms with Crippen LogP contribution < -0.4 is 4.74 Å². The largest absolute Gasteiger partial charge is 0.504 e. The molecule has 1 saturated carbocycles. The summed E-state index contributed by atoms with van der Waals surface area (Å²) in [6.45, 7) is 4.00. The Bertz CT molecular complexity index is 383. The van der Waals surface area contributed by atoms with Crippen LogP contribution >= 0.6 is 0 Å². The molecule has 1 aliphatic carbocycles. The number of methoxy groups -OCH3 is 1. The average molecular weight is 238 g/mol. The maximum absolute atomic E-state index is 11.1. The highest BCUT2D eigenvalue weighted by Crippen LogP contribution is 2.33. The number of hydrogen-bond acceptors (Lipinski definition) is 4. The van der Waals surface area contributed by atoms with Crippen molar-refractivity contribution in [3.63, 3.8) is 0 Å². The van der Waals surface area contributed by atoms with Crippen LogP contribution in [0.15, 0.2) is 18.2 Å². The summed E-state index contributed by atoms with van der Waals surface area (Å²) < 4.78 is 9.96. The van der Waals surface area contributed by atoms with Gasteiger partial charge in [-0.15, -0.1) is 0 Å². The second-order valence-corrected chi connectivity index (χ2v) is 3.49. The van der Waals surface area contributed by atoms with Gasteiger partial charge in [0.2, 0.25) is 0 Å². The number of carbonyl (C=O) groups excluding carboxylic acids is 1. The number of carbonyl (C=O) groups is 1. The third-order valence-corrected chi connectivity index (χ3v) is 2.20. The zero-order chi connectivity index (χ0) is 12.8. The van der Waals surface area contributed by atoms with Gasteiger partial charge in [-0.3, -0.25) is 0 Å². The van der Waals surface area contributed by atoms with Crippen LogP contribution in [0.1, 0.15) is 37.0 Å². The topological polar surface area (TPSA) is 55.8 Å². The Balaban J connectivity index is 0.000000686. The van der Waals surface area contributed by atoms with E-state index >= 15 is 0 Å². The minimum atomic E-state index is -0.469. The molecule has 0 aromatic heterocycles. The third-order valence-electron chi connectivity index (χ3n) is 2.20. The molecule has 1 N–H and O–H groups in total. The smallest absolute Gasteiger partial charge is 0.337 e. The Morgan fingerprint density at radius 3 is 2.47 bits per heavy atom. The summed E-state index contributed by atoms with van der Waals surface area (Å²) in [5.41, 5.74) is 0.318. The first-order chi connectivity index (χ1) is 8.20. The Hall–Kier alpha value is -1.71. The first-order valence-electron chi connectivity index (χ1n) is 5.78. The quantitative estimate of drug-likeness (QED) is 0.823. The van der Waals surface area contributed by atoms with Gasteiger partial charge in [-0.1, -0.05) is 13.8 Å². The number of ether oxygens (including phenoxy) is 2. The molecule has 1 fully saturated rings. The van der Waals surface area contributed by atoms with E-state index in [1.807, 2.05) is 13.8 Å². The molecule has 94 valence electrons. The number of rotatable bonds is 3. The number of phenolic OH excluding ortho intramolecular Hbond substituents is 1. The van der Waals surface area contributed by atoms with Crippen LogP contribution in [0.25, 0.3) is 0 Å². The van der Waals surface area contributed by atoms with Gasteiger partial charge >= 0.3 is 5.97 Å². The van der Waals surface area contributed by atoms with Gasteiger partial charge in [0.25, 0.3) is 0 Å². The summed E-state index contributed by atoms with van der Waals surface area (Å²) in [7, 11) is 1.30. The molecule has 0 bridgehead atoms. The number of esters is 1. The minimum absolute atomic E-state index is 0.0233. The van der Waals surface area contributed by atoms with Crippen molar-refractivity contribution in [3.8, 4) is 11.5 Å². The highest BCUT2D eigenvalue weighted by Gasteiger charge is 2.24. The Kier molecular flexibility index (Phi) is 4.82. The zero-order valence-electron chi connectivity index (χ0n) is 10.4. The highest BCUT2D eigenvalue weighted by atomic mass is 16.5. The predicted octanol–water partition coefficient (Wildman–Crippen LogP) is 2.75. The van der Waals surface area contributed by atoms with Crippen LogP contribution in [0.3, 0.4) is 0 Å². The van der Waals surface area contributed by atoms with E-state index in [1.54, 1.807) is 12.1 Å². The SMILES string of the molecule is CC.COC(=O)c1ccc(OC2CC2)c(O)c1. The van der Waals surface area contributed by atoms with Gasteiger partial charge < -0.3 is 14.6 Å². The van der Waals surface area contributed by atoms with Crippen molar-refractivity contribution < 1.29 is 19.4 Å². The molecule has 17 heavy (non-hydrogen) atoms. The van der Waals surface area contributed by atoms with Gasteiger partial charge in [0.1, 0.15) is 0 Å². The van der Waals surface area contributed by atoms with E-state index in [0.29, 0.717) is 11.3 Å². The first kappa shape index (κ1) is 13.4. The van der Waals surface area contributed by atoms with Gasteiger partial charge in [-0.05, 0) is 31.0 Å². The molecular weight excluding hydrogens is 220 g/mol. The van der Waals surface area contributed by atoms with Gasteiger partial charge in [0, 0.05) is 0 Å². The van der Waals surface area contributed by atoms with E-state index in [1.165, 1.54) is 13.2 Å².